The summed E-state index contributed by atoms with van der Waals surface area (Å²) in [4.78, 5) is 2.64. The molecule has 0 aromatic heterocycles. The molecular formula is C20H15F4OS+. The Labute approximate surface area is 151 Å². The van der Waals surface area contributed by atoms with Crippen LogP contribution in [0.3, 0.4) is 0 Å². The quantitative estimate of drug-likeness (QED) is 0.398. The lowest BCUT2D eigenvalue weighted by molar-refractivity contribution is -0.153. The van der Waals surface area contributed by atoms with Gasteiger partial charge in [0.25, 0.3) is 0 Å². The number of hydrogen-bond donors (Lipinski definition) is 0. The first kappa shape index (κ1) is 18.3. The van der Waals surface area contributed by atoms with Crippen LogP contribution in [-0.2, 0) is 10.9 Å². The van der Waals surface area contributed by atoms with E-state index in [1.165, 1.54) is 6.07 Å². The highest BCUT2D eigenvalue weighted by Crippen LogP contribution is 2.34. The molecule has 3 aromatic rings. The number of rotatable bonds is 5. The van der Waals surface area contributed by atoms with Crippen LogP contribution in [0.4, 0.5) is 17.6 Å². The van der Waals surface area contributed by atoms with Crippen molar-refractivity contribution < 1.29 is 22.3 Å². The molecule has 0 saturated carbocycles. The second-order valence-electron chi connectivity index (χ2n) is 5.43. The molecule has 26 heavy (non-hydrogen) atoms. The maximum Gasteiger partial charge on any atom is 0.422 e. The lowest BCUT2D eigenvalue weighted by atomic mass is 10.3. The molecule has 0 amide bonds. The topological polar surface area (TPSA) is 9.23 Å². The fourth-order valence-electron chi connectivity index (χ4n) is 2.40. The van der Waals surface area contributed by atoms with E-state index in [-0.39, 0.29) is 0 Å². The fourth-order valence-corrected chi connectivity index (χ4v) is 4.51. The summed E-state index contributed by atoms with van der Waals surface area (Å²) < 4.78 is 55.8. The Morgan fingerprint density at radius 1 is 0.731 bits per heavy atom. The molecule has 1 nitrogen and oxygen atoms in total. The first-order chi connectivity index (χ1) is 12.4. The van der Waals surface area contributed by atoms with Gasteiger partial charge in [0.2, 0.25) is 0 Å². The minimum absolute atomic E-state index is 0.399. The van der Waals surface area contributed by atoms with Crippen molar-refractivity contribution in [2.24, 2.45) is 0 Å². The van der Waals surface area contributed by atoms with Crippen LogP contribution in [0, 0.1) is 5.82 Å². The van der Waals surface area contributed by atoms with Crippen molar-refractivity contribution in [3.63, 3.8) is 0 Å². The maximum absolute atomic E-state index is 13.9. The molecule has 0 bridgehead atoms. The van der Waals surface area contributed by atoms with Gasteiger partial charge in [0.05, 0.1) is 10.9 Å². The molecule has 0 saturated heterocycles. The van der Waals surface area contributed by atoms with E-state index in [0.29, 0.717) is 4.90 Å². The number of ether oxygens (including phenoxy) is 1. The molecule has 0 heterocycles. The van der Waals surface area contributed by atoms with Crippen LogP contribution in [0.15, 0.2) is 93.5 Å². The molecule has 3 rings (SSSR count). The zero-order chi connectivity index (χ0) is 18.6. The van der Waals surface area contributed by atoms with Crippen LogP contribution in [-0.4, -0.2) is 12.8 Å². The molecular weight excluding hydrogens is 364 g/mol. The predicted octanol–water partition coefficient (Wildman–Crippen LogP) is 5.86. The molecule has 0 fully saturated rings. The summed E-state index contributed by atoms with van der Waals surface area (Å²) in [6.07, 6.45) is -4.52. The first-order valence-electron chi connectivity index (χ1n) is 7.77. The van der Waals surface area contributed by atoms with E-state index in [2.05, 4.69) is 4.74 Å². The van der Waals surface area contributed by atoms with Gasteiger partial charge in [-0.15, -0.1) is 0 Å². The van der Waals surface area contributed by atoms with E-state index in [1.54, 1.807) is 6.07 Å². The summed E-state index contributed by atoms with van der Waals surface area (Å²) in [5, 5.41) is 0. The molecule has 0 radical (unpaired) electrons. The van der Waals surface area contributed by atoms with Crippen molar-refractivity contribution >= 4 is 10.9 Å². The van der Waals surface area contributed by atoms with E-state index in [1.807, 2.05) is 60.7 Å². The summed E-state index contributed by atoms with van der Waals surface area (Å²) in [6.45, 7) is -1.53. The highest BCUT2D eigenvalue weighted by Gasteiger charge is 2.31. The standard InChI is InChI=1S/C20H15F4OS/c21-18-12-11-17(13-19(18)25-14-20(22,23)24)26(15-7-3-1-4-8-15)16-9-5-2-6-10-16/h1-13H,14H2/q+1. The van der Waals surface area contributed by atoms with Crippen LogP contribution in [0.25, 0.3) is 0 Å². The Bertz CT molecular complexity index is 811. The van der Waals surface area contributed by atoms with Crippen molar-refractivity contribution in [3.8, 4) is 5.75 Å². The van der Waals surface area contributed by atoms with E-state index in [9.17, 15) is 17.6 Å². The SMILES string of the molecule is Fc1ccc([S+](c2ccccc2)c2ccccc2)cc1OCC(F)(F)F. The minimum atomic E-state index is -4.52. The van der Waals surface area contributed by atoms with Gasteiger partial charge in [-0.25, -0.2) is 4.39 Å². The molecule has 0 N–H and O–H groups in total. The molecule has 3 aromatic carbocycles. The second-order valence-corrected chi connectivity index (χ2v) is 7.45. The molecule has 6 heteroatoms. The van der Waals surface area contributed by atoms with Gasteiger partial charge in [-0.2, -0.15) is 13.2 Å². The highest BCUT2D eigenvalue weighted by molar-refractivity contribution is 7.97. The summed E-state index contributed by atoms with van der Waals surface area (Å²) in [6, 6.07) is 23.2. The zero-order valence-electron chi connectivity index (χ0n) is 13.5. The molecule has 0 aliphatic rings. The van der Waals surface area contributed by atoms with Gasteiger partial charge >= 0.3 is 6.18 Å². The molecule has 0 aliphatic carbocycles. The van der Waals surface area contributed by atoms with Gasteiger partial charge in [-0.3, -0.25) is 0 Å². The number of hydrogen-bond acceptors (Lipinski definition) is 1. The normalized spacial score (nSPS) is 11.6. The third kappa shape index (κ3) is 4.58. The third-order valence-electron chi connectivity index (χ3n) is 3.49. The minimum Gasteiger partial charge on any atom is -0.481 e. The third-order valence-corrected chi connectivity index (χ3v) is 5.70. The Kier molecular flexibility index (Phi) is 5.52. The maximum atomic E-state index is 13.9. The summed E-state index contributed by atoms with van der Waals surface area (Å²) in [7, 11) is -0.586. The lowest BCUT2D eigenvalue weighted by Crippen LogP contribution is -2.19. The monoisotopic (exact) mass is 379 g/mol. The van der Waals surface area contributed by atoms with E-state index in [0.717, 1.165) is 15.9 Å². The van der Waals surface area contributed by atoms with E-state index < -0.39 is 35.2 Å². The van der Waals surface area contributed by atoms with Crippen LogP contribution in [0.2, 0.25) is 0 Å². The Morgan fingerprint density at radius 2 is 1.27 bits per heavy atom. The van der Waals surface area contributed by atoms with Gasteiger partial charge in [0, 0.05) is 6.07 Å². The van der Waals surface area contributed by atoms with Crippen molar-refractivity contribution in [3.05, 3.63) is 84.7 Å². The van der Waals surface area contributed by atoms with Crippen LogP contribution < -0.4 is 4.74 Å². The fraction of sp³-hybridized carbons (Fsp3) is 0.100. The van der Waals surface area contributed by atoms with Gasteiger partial charge in [-0.1, -0.05) is 36.4 Å². The molecule has 134 valence electrons. The molecule has 0 unspecified atom stereocenters. The zero-order valence-corrected chi connectivity index (χ0v) is 14.4. The summed E-state index contributed by atoms with van der Waals surface area (Å²) >= 11 is 0. The Morgan fingerprint density at radius 3 is 1.77 bits per heavy atom. The first-order valence-corrected chi connectivity index (χ1v) is 9.00. The van der Waals surface area contributed by atoms with Gasteiger partial charge < -0.3 is 4.74 Å². The molecule has 0 spiro atoms. The smallest absolute Gasteiger partial charge is 0.422 e. The van der Waals surface area contributed by atoms with Gasteiger partial charge in [0.15, 0.2) is 32.9 Å². The predicted molar refractivity (Wildman–Crippen MR) is 93.0 cm³/mol. The van der Waals surface area contributed by atoms with Crippen molar-refractivity contribution in [1.82, 2.24) is 0 Å². The number of alkyl halides is 3. The van der Waals surface area contributed by atoms with Crippen LogP contribution >= 0.6 is 0 Å². The van der Waals surface area contributed by atoms with Gasteiger partial charge in [-0.05, 0) is 36.4 Å². The van der Waals surface area contributed by atoms with E-state index >= 15 is 0 Å². The van der Waals surface area contributed by atoms with E-state index in [4.69, 9.17) is 0 Å². The Hall–Kier alpha value is -2.47. The lowest BCUT2D eigenvalue weighted by Gasteiger charge is -2.12. The Balaban J connectivity index is 2.02. The molecule has 0 aliphatic heterocycles. The van der Waals surface area contributed by atoms with Crippen LogP contribution in [0.5, 0.6) is 5.75 Å². The van der Waals surface area contributed by atoms with Crippen LogP contribution in [0.1, 0.15) is 0 Å². The van der Waals surface area contributed by atoms with Crippen molar-refractivity contribution in [2.45, 2.75) is 20.9 Å². The largest absolute Gasteiger partial charge is 0.481 e. The molecule has 0 atom stereocenters. The second kappa shape index (κ2) is 7.83. The van der Waals surface area contributed by atoms with Crippen molar-refractivity contribution in [1.29, 1.82) is 0 Å². The number of halogens is 4. The number of benzene rings is 3. The van der Waals surface area contributed by atoms with Gasteiger partial charge in [0.1, 0.15) is 0 Å². The average molecular weight is 379 g/mol. The highest BCUT2D eigenvalue weighted by atomic mass is 32.2. The van der Waals surface area contributed by atoms with Crippen molar-refractivity contribution in [2.75, 3.05) is 6.61 Å². The summed E-state index contributed by atoms with van der Waals surface area (Å²) in [5.74, 6) is -1.22. The summed E-state index contributed by atoms with van der Waals surface area (Å²) in [5.41, 5.74) is 0. The average Bonchev–Trinajstić information content (AvgIpc) is 2.63.